The van der Waals surface area contributed by atoms with Crippen molar-refractivity contribution in [1.82, 2.24) is 5.32 Å². The molecule has 202 valence electrons. The van der Waals surface area contributed by atoms with Crippen molar-refractivity contribution in [2.75, 3.05) is 26.4 Å². The van der Waals surface area contributed by atoms with Gasteiger partial charge in [0.25, 0.3) is 0 Å². The molecule has 0 aliphatic carbocycles. The van der Waals surface area contributed by atoms with Gasteiger partial charge in [0.2, 0.25) is 5.91 Å². The predicted molar refractivity (Wildman–Crippen MR) is 132 cm³/mol. The Balaban J connectivity index is 3.72. The molecule has 3 N–H and O–H groups in total. The molecule has 0 saturated carbocycles. The maximum Gasteiger partial charge on any atom is 0.472 e. The molecule has 2 atom stereocenters. The minimum atomic E-state index is -4.38. The van der Waals surface area contributed by atoms with E-state index in [1.54, 1.807) is 0 Å². The molecule has 1 amide bonds. The molecule has 9 nitrogen and oxygen atoms in total. The number of hydrogen-bond acceptors (Lipinski definition) is 7. The number of carbonyl (C=O) groups excluding carboxylic acids is 2. The van der Waals surface area contributed by atoms with Gasteiger partial charge < -0.3 is 20.1 Å². The highest BCUT2D eigenvalue weighted by Gasteiger charge is 2.23. The summed E-state index contributed by atoms with van der Waals surface area (Å²) in [7, 11) is -4.38. The van der Waals surface area contributed by atoms with Gasteiger partial charge in [-0.2, -0.15) is 0 Å². The van der Waals surface area contributed by atoms with E-state index in [2.05, 4.69) is 19.2 Å². The predicted octanol–water partition coefficient (Wildman–Crippen LogP) is 5.03. The minimum Gasteiger partial charge on any atom is -0.463 e. The molecule has 0 radical (unpaired) electrons. The molecule has 0 heterocycles. The highest BCUT2D eigenvalue weighted by atomic mass is 31.2. The van der Waals surface area contributed by atoms with Crippen LogP contribution in [0.4, 0.5) is 0 Å². The van der Waals surface area contributed by atoms with Gasteiger partial charge in [-0.15, -0.1) is 0 Å². The highest BCUT2D eigenvalue weighted by Crippen LogP contribution is 2.42. The van der Waals surface area contributed by atoms with Gasteiger partial charge in [-0.25, -0.2) is 4.57 Å². The molecule has 0 saturated heterocycles. The molecule has 2 unspecified atom stereocenters. The van der Waals surface area contributed by atoms with Gasteiger partial charge in [-0.1, -0.05) is 84.5 Å². The van der Waals surface area contributed by atoms with Crippen LogP contribution in [0.5, 0.6) is 0 Å². The molecule has 0 rings (SSSR count). The van der Waals surface area contributed by atoms with E-state index in [1.807, 2.05) is 0 Å². The van der Waals surface area contributed by atoms with Crippen molar-refractivity contribution >= 4 is 19.7 Å². The van der Waals surface area contributed by atoms with Crippen LogP contribution >= 0.6 is 7.82 Å². The Morgan fingerprint density at radius 1 is 0.794 bits per heavy atom. The number of amides is 1. The number of phosphoric acid groups is 1. The van der Waals surface area contributed by atoms with Crippen LogP contribution in [0.1, 0.15) is 110 Å². The number of aliphatic hydroxyl groups is 1. The Morgan fingerprint density at radius 2 is 1.32 bits per heavy atom. The third kappa shape index (κ3) is 22.8. The Hall–Kier alpha value is -0.990. The fourth-order valence-corrected chi connectivity index (χ4v) is 4.02. The molecule has 0 aromatic heterocycles. The molecule has 0 aliphatic heterocycles. The summed E-state index contributed by atoms with van der Waals surface area (Å²) in [6.45, 7) is 3.39. The number of phosphoric ester groups is 1. The third-order valence-corrected chi connectivity index (χ3v) is 6.27. The van der Waals surface area contributed by atoms with E-state index in [0.717, 1.165) is 44.9 Å². The number of carbonyl (C=O) groups is 2. The smallest absolute Gasteiger partial charge is 0.463 e. The fourth-order valence-electron chi connectivity index (χ4n) is 3.26. The lowest BCUT2D eigenvalue weighted by Gasteiger charge is -2.15. The lowest BCUT2D eigenvalue weighted by atomic mass is 10.1. The first-order valence-corrected chi connectivity index (χ1v) is 14.5. The van der Waals surface area contributed by atoms with E-state index >= 15 is 0 Å². The van der Waals surface area contributed by atoms with Crippen LogP contribution in [0.2, 0.25) is 0 Å². The Bertz CT molecular complexity index is 561. The number of rotatable bonds is 24. The summed E-state index contributed by atoms with van der Waals surface area (Å²) in [5.41, 5.74) is 0. The molecular weight excluding hydrogens is 461 g/mol. The number of nitrogens with one attached hydrogen (secondary N) is 1. The Labute approximate surface area is 205 Å². The zero-order valence-electron chi connectivity index (χ0n) is 21.3. The average Bonchev–Trinajstić information content (AvgIpc) is 2.81. The molecular formula is C24H48NO8P. The Kier molecular flexibility index (Phi) is 21.8. The normalized spacial score (nSPS) is 13.9. The quantitative estimate of drug-likeness (QED) is 0.0938. The monoisotopic (exact) mass is 509 g/mol. The lowest BCUT2D eigenvalue weighted by molar-refractivity contribution is -0.147. The van der Waals surface area contributed by atoms with E-state index in [-0.39, 0.29) is 32.1 Å². The van der Waals surface area contributed by atoms with E-state index < -0.39 is 26.5 Å². The number of aliphatic hydroxyl groups excluding tert-OH is 1. The second kappa shape index (κ2) is 22.5. The summed E-state index contributed by atoms with van der Waals surface area (Å²) >= 11 is 0. The van der Waals surface area contributed by atoms with Crippen LogP contribution in [0.25, 0.3) is 0 Å². The summed E-state index contributed by atoms with van der Waals surface area (Å²) in [5, 5.41) is 12.4. The van der Waals surface area contributed by atoms with Crippen LogP contribution in [0.3, 0.4) is 0 Å². The zero-order chi connectivity index (χ0) is 25.5. The van der Waals surface area contributed by atoms with Crippen molar-refractivity contribution in [2.45, 2.75) is 116 Å². The second-order valence-corrected chi connectivity index (χ2v) is 10.1. The summed E-state index contributed by atoms with van der Waals surface area (Å²) < 4.78 is 26.3. The van der Waals surface area contributed by atoms with Gasteiger partial charge in [-0.05, 0) is 12.8 Å². The number of hydrogen-bond donors (Lipinski definition) is 3. The molecule has 0 aliphatic rings. The molecule has 34 heavy (non-hydrogen) atoms. The van der Waals surface area contributed by atoms with Crippen molar-refractivity contribution in [3.8, 4) is 0 Å². The van der Waals surface area contributed by atoms with Crippen LogP contribution < -0.4 is 5.32 Å². The molecule has 0 aromatic rings. The summed E-state index contributed by atoms with van der Waals surface area (Å²) in [6, 6.07) is 0. The zero-order valence-corrected chi connectivity index (χ0v) is 22.2. The summed E-state index contributed by atoms with van der Waals surface area (Å²) in [4.78, 5) is 33.1. The largest absolute Gasteiger partial charge is 0.472 e. The number of esters is 1. The highest BCUT2D eigenvalue weighted by molar-refractivity contribution is 7.47. The van der Waals surface area contributed by atoms with E-state index in [4.69, 9.17) is 13.8 Å². The van der Waals surface area contributed by atoms with Gasteiger partial charge in [0.1, 0.15) is 12.7 Å². The second-order valence-electron chi connectivity index (χ2n) is 8.67. The summed E-state index contributed by atoms with van der Waals surface area (Å²) in [6.07, 6.45) is 13.7. The SMILES string of the molecule is CCCCCCCCCC(=O)NCCOP(=O)(O)OCC(O)COC(=O)CCCCCCCC. The maximum absolute atomic E-state index is 11.8. The van der Waals surface area contributed by atoms with E-state index in [9.17, 15) is 24.2 Å². The van der Waals surface area contributed by atoms with Crippen LogP contribution in [-0.2, 0) is 27.9 Å². The van der Waals surface area contributed by atoms with Crippen LogP contribution in [0, 0.1) is 0 Å². The van der Waals surface area contributed by atoms with Crippen molar-refractivity contribution in [3.63, 3.8) is 0 Å². The number of unbranched alkanes of at least 4 members (excludes halogenated alkanes) is 11. The topological polar surface area (TPSA) is 131 Å². The van der Waals surface area contributed by atoms with Crippen molar-refractivity contribution in [2.24, 2.45) is 0 Å². The Morgan fingerprint density at radius 3 is 1.91 bits per heavy atom. The molecule has 10 heteroatoms. The number of ether oxygens (including phenoxy) is 1. The fraction of sp³-hybridized carbons (Fsp3) is 0.917. The van der Waals surface area contributed by atoms with Crippen LogP contribution in [0.15, 0.2) is 0 Å². The molecule has 0 fully saturated rings. The van der Waals surface area contributed by atoms with Gasteiger partial charge in [0, 0.05) is 19.4 Å². The molecule has 0 bridgehead atoms. The first-order chi connectivity index (χ1) is 16.3. The maximum atomic E-state index is 11.8. The minimum absolute atomic E-state index is 0.0852. The van der Waals surface area contributed by atoms with Gasteiger partial charge >= 0.3 is 13.8 Å². The van der Waals surface area contributed by atoms with Crippen molar-refractivity contribution in [3.05, 3.63) is 0 Å². The van der Waals surface area contributed by atoms with Crippen LogP contribution in [-0.4, -0.2) is 54.3 Å². The first kappa shape index (κ1) is 33.0. The standard InChI is InChI=1S/C24H48NO8P/c1-3-5-7-9-11-12-14-16-23(27)25-18-19-32-34(29,30)33-21-22(26)20-31-24(28)17-15-13-10-8-6-4-2/h22,26H,3-21H2,1-2H3,(H,25,27)(H,29,30). The van der Waals surface area contributed by atoms with Crippen molar-refractivity contribution in [1.29, 1.82) is 0 Å². The first-order valence-electron chi connectivity index (χ1n) is 13.0. The average molecular weight is 510 g/mol. The summed E-state index contributed by atoms with van der Waals surface area (Å²) in [5.74, 6) is -0.533. The van der Waals surface area contributed by atoms with Gasteiger partial charge in [0.05, 0.1) is 13.2 Å². The van der Waals surface area contributed by atoms with E-state index in [0.29, 0.717) is 6.42 Å². The third-order valence-electron chi connectivity index (χ3n) is 5.29. The van der Waals surface area contributed by atoms with Gasteiger partial charge in [-0.3, -0.25) is 18.6 Å². The lowest BCUT2D eigenvalue weighted by Crippen LogP contribution is -2.27. The van der Waals surface area contributed by atoms with E-state index in [1.165, 1.54) is 38.5 Å². The molecule has 0 aromatic carbocycles. The van der Waals surface area contributed by atoms with Crippen molar-refractivity contribution < 1.29 is 37.9 Å². The van der Waals surface area contributed by atoms with Gasteiger partial charge in [0.15, 0.2) is 0 Å². The molecule has 0 spiro atoms.